The summed E-state index contributed by atoms with van der Waals surface area (Å²) >= 11 is 0. The van der Waals surface area contributed by atoms with Crippen LogP contribution < -0.4 is 15.4 Å². The van der Waals surface area contributed by atoms with E-state index in [4.69, 9.17) is 4.74 Å². The largest absolute Gasteiger partial charge is 0.378 e. The summed E-state index contributed by atoms with van der Waals surface area (Å²) in [5.74, 6) is -1.13. The van der Waals surface area contributed by atoms with E-state index in [1.54, 1.807) is 0 Å². The lowest BCUT2D eigenvalue weighted by Gasteiger charge is -2.23. The predicted molar refractivity (Wildman–Crippen MR) is 85.6 cm³/mol. The Labute approximate surface area is 140 Å². The van der Waals surface area contributed by atoms with Crippen LogP contribution in [0.2, 0.25) is 0 Å². The zero-order chi connectivity index (χ0) is 17.2. The van der Waals surface area contributed by atoms with Crippen LogP contribution in [0.4, 0.5) is 10.1 Å². The number of carbonyl (C=O) groups excluding carboxylic acids is 1. The molecule has 1 heterocycles. The molecule has 0 aromatic heterocycles. The van der Waals surface area contributed by atoms with Gasteiger partial charge in [0.1, 0.15) is 10.7 Å². The van der Waals surface area contributed by atoms with Gasteiger partial charge in [0.2, 0.25) is 15.9 Å². The fourth-order valence-electron chi connectivity index (χ4n) is 2.46. The number of hydrogen-bond donors (Lipinski definition) is 3. The minimum atomic E-state index is -3.92. The second-order valence-corrected chi connectivity index (χ2v) is 7.70. The lowest BCUT2D eigenvalue weighted by Crippen LogP contribution is -2.43. The van der Waals surface area contributed by atoms with Crippen LogP contribution in [0.25, 0.3) is 0 Å². The van der Waals surface area contributed by atoms with Crippen molar-refractivity contribution in [3.8, 4) is 0 Å². The molecule has 1 aromatic carbocycles. The third-order valence-corrected chi connectivity index (χ3v) is 5.37. The highest BCUT2D eigenvalue weighted by molar-refractivity contribution is 7.89. The first-order chi connectivity index (χ1) is 11.4. The maximum atomic E-state index is 13.9. The number of sulfonamides is 1. The predicted octanol–water partition coefficient (Wildman–Crippen LogP) is 0.583. The first-order valence-electron chi connectivity index (χ1n) is 7.87. The van der Waals surface area contributed by atoms with Gasteiger partial charge in [-0.05, 0) is 31.0 Å². The standard InChI is InChI=1S/C15H20FN3O4S/c16-13-4-3-11(7-14(13)24(21,22)19-10-1-2-10)18-15(20)8-12-9-23-6-5-17-12/h3-4,7,10,12,17,19H,1-2,5-6,8-9H2,(H,18,20). The average Bonchev–Trinajstić information content (AvgIpc) is 3.33. The van der Waals surface area contributed by atoms with Gasteiger partial charge in [0.25, 0.3) is 0 Å². The highest BCUT2D eigenvalue weighted by Gasteiger charge is 2.30. The molecular formula is C15H20FN3O4S. The third-order valence-electron chi connectivity index (χ3n) is 3.83. The van der Waals surface area contributed by atoms with Gasteiger partial charge in [0.05, 0.1) is 13.2 Å². The minimum Gasteiger partial charge on any atom is -0.378 e. The maximum Gasteiger partial charge on any atom is 0.243 e. The first-order valence-corrected chi connectivity index (χ1v) is 9.35. The summed E-state index contributed by atoms with van der Waals surface area (Å²) in [6.07, 6.45) is 1.71. The summed E-state index contributed by atoms with van der Waals surface area (Å²) in [5, 5.41) is 5.76. The maximum absolute atomic E-state index is 13.9. The van der Waals surface area contributed by atoms with Gasteiger partial charge in [-0.3, -0.25) is 4.79 Å². The number of amides is 1. The minimum absolute atomic E-state index is 0.0843. The number of halogens is 1. The number of benzene rings is 1. The highest BCUT2D eigenvalue weighted by Crippen LogP contribution is 2.25. The first kappa shape index (κ1) is 17.3. The molecule has 1 aromatic rings. The van der Waals surface area contributed by atoms with Crippen LogP contribution in [-0.4, -0.2) is 46.2 Å². The fraction of sp³-hybridized carbons (Fsp3) is 0.533. The topological polar surface area (TPSA) is 96.5 Å². The van der Waals surface area contributed by atoms with Crippen LogP contribution in [-0.2, 0) is 19.6 Å². The lowest BCUT2D eigenvalue weighted by molar-refractivity contribution is -0.117. The van der Waals surface area contributed by atoms with E-state index < -0.39 is 20.7 Å². The Morgan fingerprint density at radius 1 is 1.38 bits per heavy atom. The number of morpholine rings is 1. The zero-order valence-electron chi connectivity index (χ0n) is 13.0. The number of anilines is 1. The van der Waals surface area contributed by atoms with Crippen molar-refractivity contribution in [1.82, 2.24) is 10.0 Å². The van der Waals surface area contributed by atoms with E-state index in [2.05, 4.69) is 15.4 Å². The van der Waals surface area contributed by atoms with Gasteiger partial charge < -0.3 is 15.4 Å². The zero-order valence-corrected chi connectivity index (χ0v) is 13.9. The van der Waals surface area contributed by atoms with Crippen molar-refractivity contribution in [2.45, 2.75) is 36.2 Å². The van der Waals surface area contributed by atoms with Crippen LogP contribution in [0.5, 0.6) is 0 Å². The molecule has 1 aliphatic carbocycles. The highest BCUT2D eigenvalue weighted by atomic mass is 32.2. The van der Waals surface area contributed by atoms with Gasteiger partial charge in [0, 0.05) is 30.7 Å². The molecule has 0 bridgehead atoms. The second kappa shape index (κ2) is 7.14. The van der Waals surface area contributed by atoms with E-state index in [0.717, 1.165) is 25.0 Å². The van der Waals surface area contributed by atoms with Crippen molar-refractivity contribution in [3.63, 3.8) is 0 Å². The van der Waals surface area contributed by atoms with Crippen LogP contribution in [0.15, 0.2) is 23.1 Å². The summed E-state index contributed by atoms with van der Waals surface area (Å²) in [5.41, 5.74) is 0.245. The van der Waals surface area contributed by atoms with Gasteiger partial charge in [-0.25, -0.2) is 17.5 Å². The van der Waals surface area contributed by atoms with Gasteiger partial charge in [-0.2, -0.15) is 0 Å². The summed E-state index contributed by atoms with van der Waals surface area (Å²) in [6, 6.07) is 3.32. The molecule has 1 saturated heterocycles. The van der Waals surface area contributed by atoms with Crippen molar-refractivity contribution < 1.29 is 22.3 Å². The van der Waals surface area contributed by atoms with Crippen LogP contribution in [0.3, 0.4) is 0 Å². The Balaban J connectivity index is 1.67. The number of nitrogens with one attached hydrogen (secondary N) is 3. The van der Waals surface area contributed by atoms with Crippen LogP contribution >= 0.6 is 0 Å². The van der Waals surface area contributed by atoms with Gasteiger partial charge in [-0.1, -0.05) is 0 Å². The molecule has 3 rings (SSSR count). The fourth-order valence-corrected chi connectivity index (χ4v) is 3.87. The monoisotopic (exact) mass is 357 g/mol. The summed E-state index contributed by atoms with van der Waals surface area (Å²) in [4.78, 5) is 11.6. The molecule has 1 saturated carbocycles. The Kier molecular flexibility index (Phi) is 5.14. The Morgan fingerprint density at radius 3 is 2.83 bits per heavy atom. The smallest absolute Gasteiger partial charge is 0.243 e. The number of ether oxygens (including phenoxy) is 1. The number of rotatable bonds is 6. The molecule has 9 heteroatoms. The quantitative estimate of drug-likeness (QED) is 0.692. The molecule has 2 fully saturated rings. The molecule has 1 aliphatic heterocycles. The van der Waals surface area contributed by atoms with Crippen LogP contribution in [0, 0.1) is 5.82 Å². The molecule has 1 unspecified atom stereocenters. The molecular weight excluding hydrogens is 337 g/mol. The molecule has 132 valence electrons. The van der Waals surface area contributed by atoms with Gasteiger partial charge in [-0.15, -0.1) is 0 Å². The van der Waals surface area contributed by atoms with E-state index in [0.29, 0.717) is 19.8 Å². The number of carbonyl (C=O) groups is 1. The molecule has 0 radical (unpaired) electrons. The van der Waals surface area contributed by atoms with E-state index in [1.807, 2.05) is 0 Å². The third kappa shape index (κ3) is 4.50. The second-order valence-electron chi connectivity index (χ2n) is 6.02. The average molecular weight is 357 g/mol. The van der Waals surface area contributed by atoms with Gasteiger partial charge >= 0.3 is 0 Å². The van der Waals surface area contributed by atoms with E-state index >= 15 is 0 Å². The van der Waals surface area contributed by atoms with Crippen molar-refractivity contribution in [3.05, 3.63) is 24.0 Å². The summed E-state index contributed by atoms with van der Waals surface area (Å²) in [6.45, 7) is 1.75. The summed E-state index contributed by atoms with van der Waals surface area (Å²) in [7, 11) is -3.92. The van der Waals surface area contributed by atoms with E-state index in [9.17, 15) is 17.6 Å². The lowest BCUT2D eigenvalue weighted by atomic mass is 10.2. The van der Waals surface area contributed by atoms with Crippen molar-refractivity contribution in [1.29, 1.82) is 0 Å². The normalized spacial score (nSPS) is 21.5. The number of hydrogen-bond acceptors (Lipinski definition) is 5. The SMILES string of the molecule is O=C(CC1COCCN1)Nc1ccc(F)c(S(=O)(=O)NC2CC2)c1. The van der Waals surface area contributed by atoms with E-state index in [1.165, 1.54) is 6.07 Å². The molecule has 24 heavy (non-hydrogen) atoms. The molecule has 3 N–H and O–H groups in total. The molecule has 1 atom stereocenters. The Bertz CT molecular complexity index is 715. The molecule has 1 amide bonds. The van der Waals surface area contributed by atoms with E-state index in [-0.39, 0.29) is 30.1 Å². The Morgan fingerprint density at radius 2 is 2.17 bits per heavy atom. The van der Waals surface area contributed by atoms with Crippen LogP contribution in [0.1, 0.15) is 19.3 Å². The van der Waals surface area contributed by atoms with Crippen molar-refractivity contribution in [2.24, 2.45) is 0 Å². The summed E-state index contributed by atoms with van der Waals surface area (Å²) < 4.78 is 45.9. The van der Waals surface area contributed by atoms with Crippen molar-refractivity contribution >= 4 is 21.6 Å². The van der Waals surface area contributed by atoms with Crippen molar-refractivity contribution in [2.75, 3.05) is 25.1 Å². The Hall–Kier alpha value is -1.55. The molecule has 7 nitrogen and oxygen atoms in total. The van der Waals surface area contributed by atoms with Gasteiger partial charge in [0.15, 0.2) is 0 Å². The molecule has 2 aliphatic rings. The molecule has 0 spiro atoms.